The van der Waals surface area contributed by atoms with Crippen molar-refractivity contribution >= 4 is 11.3 Å². The van der Waals surface area contributed by atoms with Crippen LogP contribution in [0.1, 0.15) is 32.2 Å². The molecule has 2 atom stereocenters. The first kappa shape index (κ1) is 10.0. The van der Waals surface area contributed by atoms with Crippen LogP contribution >= 0.6 is 11.3 Å². The van der Waals surface area contributed by atoms with Gasteiger partial charge in [-0.1, -0.05) is 18.2 Å². The van der Waals surface area contributed by atoms with Crippen molar-refractivity contribution in [3.05, 3.63) is 23.7 Å². The molecule has 0 saturated heterocycles. The molecule has 0 bridgehead atoms. The van der Waals surface area contributed by atoms with Gasteiger partial charge in [-0.3, -0.25) is 0 Å². The van der Waals surface area contributed by atoms with E-state index in [0.29, 0.717) is 6.04 Å². The van der Waals surface area contributed by atoms with Crippen molar-refractivity contribution < 1.29 is 0 Å². The molecule has 16 heavy (non-hydrogen) atoms. The molecule has 84 valence electrons. The van der Waals surface area contributed by atoms with Gasteiger partial charge >= 0.3 is 0 Å². The highest BCUT2D eigenvalue weighted by atomic mass is 32.1. The van der Waals surface area contributed by atoms with Crippen molar-refractivity contribution in [2.24, 2.45) is 5.92 Å². The zero-order valence-corrected chi connectivity index (χ0v) is 10.2. The number of rotatable bonds is 2. The van der Waals surface area contributed by atoms with E-state index in [0.717, 1.165) is 11.6 Å². The number of aromatic nitrogens is 3. The van der Waals surface area contributed by atoms with E-state index in [1.807, 2.05) is 0 Å². The van der Waals surface area contributed by atoms with Crippen molar-refractivity contribution in [1.82, 2.24) is 15.0 Å². The standard InChI is InChI=1S/C12H15N3S/c1-9-4-5-10(7-9)15-8-11(13-14-15)12-3-2-6-16-12/h2-3,6,8-10H,4-5,7H2,1H3. The van der Waals surface area contributed by atoms with Gasteiger partial charge in [-0.2, -0.15) is 0 Å². The van der Waals surface area contributed by atoms with Crippen LogP contribution in [0.3, 0.4) is 0 Å². The molecule has 3 nitrogen and oxygen atoms in total. The molecule has 1 aliphatic rings. The molecule has 0 aliphatic heterocycles. The van der Waals surface area contributed by atoms with E-state index < -0.39 is 0 Å². The minimum atomic E-state index is 0.566. The van der Waals surface area contributed by atoms with Gasteiger partial charge in [-0.15, -0.1) is 16.4 Å². The SMILES string of the molecule is CC1CCC(n2cc(-c3cccs3)nn2)C1. The fourth-order valence-corrected chi connectivity index (χ4v) is 3.08. The van der Waals surface area contributed by atoms with E-state index in [1.54, 1.807) is 11.3 Å². The first-order valence-electron chi connectivity index (χ1n) is 5.78. The van der Waals surface area contributed by atoms with Gasteiger partial charge in [0.2, 0.25) is 0 Å². The maximum Gasteiger partial charge on any atom is 0.122 e. The third-order valence-corrected chi connectivity index (χ3v) is 4.22. The second-order valence-electron chi connectivity index (χ2n) is 4.63. The number of hydrogen-bond acceptors (Lipinski definition) is 3. The molecule has 2 aromatic rings. The predicted octanol–water partition coefficient (Wildman–Crippen LogP) is 3.37. The van der Waals surface area contributed by atoms with Gasteiger partial charge < -0.3 is 0 Å². The summed E-state index contributed by atoms with van der Waals surface area (Å²) in [5.74, 6) is 0.833. The molecule has 3 rings (SSSR count). The van der Waals surface area contributed by atoms with E-state index in [9.17, 15) is 0 Å². The van der Waals surface area contributed by atoms with Gasteiger partial charge in [0.25, 0.3) is 0 Å². The first-order chi connectivity index (χ1) is 7.83. The second-order valence-corrected chi connectivity index (χ2v) is 5.58. The molecule has 1 fully saturated rings. The third kappa shape index (κ3) is 1.78. The highest BCUT2D eigenvalue weighted by Crippen LogP contribution is 2.34. The highest BCUT2D eigenvalue weighted by Gasteiger charge is 2.23. The Morgan fingerprint density at radius 1 is 1.44 bits per heavy atom. The van der Waals surface area contributed by atoms with Crippen molar-refractivity contribution in [1.29, 1.82) is 0 Å². The molecule has 0 spiro atoms. The van der Waals surface area contributed by atoms with E-state index >= 15 is 0 Å². The molecular weight excluding hydrogens is 218 g/mol. The average Bonchev–Trinajstić information content (AvgIpc) is 2.97. The Balaban J connectivity index is 1.83. The topological polar surface area (TPSA) is 30.7 Å². The van der Waals surface area contributed by atoms with Crippen molar-refractivity contribution in [2.75, 3.05) is 0 Å². The Labute approximate surface area is 99.1 Å². The molecular formula is C12H15N3S. The summed E-state index contributed by atoms with van der Waals surface area (Å²) in [5.41, 5.74) is 1.01. The van der Waals surface area contributed by atoms with Crippen molar-refractivity contribution in [2.45, 2.75) is 32.2 Å². The van der Waals surface area contributed by atoms with Crippen LogP contribution in [0.5, 0.6) is 0 Å². The normalized spacial score (nSPS) is 25.1. The minimum Gasteiger partial charge on any atom is -0.249 e. The lowest BCUT2D eigenvalue weighted by Gasteiger charge is -2.07. The Morgan fingerprint density at radius 2 is 2.38 bits per heavy atom. The highest BCUT2D eigenvalue weighted by molar-refractivity contribution is 7.13. The summed E-state index contributed by atoms with van der Waals surface area (Å²) in [7, 11) is 0. The van der Waals surface area contributed by atoms with E-state index in [1.165, 1.54) is 24.1 Å². The van der Waals surface area contributed by atoms with Crippen LogP contribution in [-0.4, -0.2) is 15.0 Å². The molecule has 2 unspecified atom stereocenters. The fraction of sp³-hybridized carbons (Fsp3) is 0.500. The zero-order chi connectivity index (χ0) is 11.0. The number of nitrogens with zero attached hydrogens (tertiary/aromatic N) is 3. The molecule has 2 heterocycles. The molecule has 0 N–H and O–H groups in total. The quantitative estimate of drug-likeness (QED) is 0.796. The van der Waals surface area contributed by atoms with Crippen molar-refractivity contribution in [3.63, 3.8) is 0 Å². The molecule has 0 aromatic carbocycles. The van der Waals surface area contributed by atoms with Gasteiger partial charge in [0, 0.05) is 0 Å². The van der Waals surface area contributed by atoms with Crippen LogP contribution in [0, 0.1) is 5.92 Å². The average molecular weight is 233 g/mol. The Kier molecular flexibility index (Phi) is 2.52. The lowest BCUT2D eigenvalue weighted by molar-refractivity contribution is 0.439. The third-order valence-electron chi connectivity index (χ3n) is 3.33. The van der Waals surface area contributed by atoms with E-state index in [-0.39, 0.29) is 0 Å². The minimum absolute atomic E-state index is 0.566. The van der Waals surface area contributed by atoms with Crippen molar-refractivity contribution in [3.8, 4) is 10.6 Å². The molecule has 2 aromatic heterocycles. The fourth-order valence-electron chi connectivity index (χ4n) is 2.41. The maximum absolute atomic E-state index is 4.26. The molecule has 1 aliphatic carbocycles. The molecule has 4 heteroatoms. The summed E-state index contributed by atoms with van der Waals surface area (Å²) in [6, 6.07) is 4.71. The molecule has 0 amide bonds. The zero-order valence-electron chi connectivity index (χ0n) is 9.34. The van der Waals surface area contributed by atoms with Crippen LogP contribution in [0.15, 0.2) is 23.7 Å². The summed E-state index contributed by atoms with van der Waals surface area (Å²) in [4.78, 5) is 1.21. The largest absolute Gasteiger partial charge is 0.249 e. The van der Waals surface area contributed by atoms with Crippen LogP contribution in [0.2, 0.25) is 0 Å². The van der Waals surface area contributed by atoms with Crippen LogP contribution in [-0.2, 0) is 0 Å². The van der Waals surface area contributed by atoms with Crippen LogP contribution in [0.4, 0.5) is 0 Å². The van der Waals surface area contributed by atoms with E-state index in [4.69, 9.17) is 0 Å². The van der Waals surface area contributed by atoms with E-state index in [2.05, 4.69) is 45.6 Å². The Morgan fingerprint density at radius 3 is 3.06 bits per heavy atom. The van der Waals surface area contributed by atoms with Crippen LogP contribution < -0.4 is 0 Å². The predicted molar refractivity (Wildman–Crippen MR) is 65.4 cm³/mol. The number of thiophene rings is 1. The second kappa shape index (κ2) is 4.01. The van der Waals surface area contributed by atoms with Crippen LogP contribution in [0.25, 0.3) is 10.6 Å². The van der Waals surface area contributed by atoms with Gasteiger partial charge in [-0.25, -0.2) is 4.68 Å². The summed E-state index contributed by atoms with van der Waals surface area (Å²) in [6.07, 6.45) is 5.90. The van der Waals surface area contributed by atoms with Gasteiger partial charge in [-0.05, 0) is 36.6 Å². The summed E-state index contributed by atoms with van der Waals surface area (Å²) < 4.78 is 2.05. The van der Waals surface area contributed by atoms with Gasteiger partial charge in [0.15, 0.2) is 0 Å². The number of hydrogen-bond donors (Lipinski definition) is 0. The lowest BCUT2D eigenvalue weighted by Crippen LogP contribution is -2.05. The van der Waals surface area contributed by atoms with Gasteiger partial charge in [0.1, 0.15) is 5.69 Å². The first-order valence-corrected chi connectivity index (χ1v) is 6.66. The molecule has 1 saturated carbocycles. The Bertz CT molecular complexity index is 460. The monoisotopic (exact) mass is 233 g/mol. The lowest BCUT2D eigenvalue weighted by atomic mass is 10.1. The smallest absolute Gasteiger partial charge is 0.122 e. The van der Waals surface area contributed by atoms with Gasteiger partial charge in [0.05, 0.1) is 17.1 Å². The Hall–Kier alpha value is -1.16. The maximum atomic E-state index is 4.26. The summed E-state index contributed by atoms with van der Waals surface area (Å²) in [5, 5.41) is 10.6. The summed E-state index contributed by atoms with van der Waals surface area (Å²) >= 11 is 1.72. The summed E-state index contributed by atoms with van der Waals surface area (Å²) in [6.45, 7) is 2.32. The molecule has 0 radical (unpaired) electrons.